The lowest BCUT2D eigenvalue weighted by Crippen LogP contribution is -2.51. The number of rotatable bonds is 3. The van der Waals surface area contributed by atoms with Gasteiger partial charge in [-0.1, -0.05) is 13.3 Å². The van der Waals surface area contributed by atoms with Gasteiger partial charge in [0.1, 0.15) is 0 Å². The third-order valence-electron chi connectivity index (χ3n) is 3.95. The van der Waals surface area contributed by atoms with Gasteiger partial charge in [0.05, 0.1) is 23.3 Å². The van der Waals surface area contributed by atoms with Crippen LogP contribution in [0.15, 0.2) is 18.5 Å². The molecule has 2 unspecified atom stereocenters. The van der Waals surface area contributed by atoms with Crippen molar-refractivity contribution in [3.8, 4) is 0 Å². The number of carbonyl (C=O) groups excluding carboxylic acids is 1. The number of nitrogens with zero attached hydrogens (tertiary/aromatic N) is 2. The number of aliphatic hydroxyl groups is 1. The minimum absolute atomic E-state index is 0.354. The van der Waals surface area contributed by atoms with Crippen LogP contribution in [0, 0.1) is 0 Å². The maximum atomic E-state index is 13.0. The molecule has 0 bridgehead atoms. The highest BCUT2D eigenvalue weighted by atomic mass is 19.4. The van der Waals surface area contributed by atoms with Crippen LogP contribution in [-0.2, 0) is 6.18 Å². The summed E-state index contributed by atoms with van der Waals surface area (Å²) in [5.74, 6) is -0.711. The Morgan fingerprint density at radius 3 is 2.86 bits per heavy atom. The van der Waals surface area contributed by atoms with Crippen molar-refractivity contribution < 1.29 is 23.1 Å². The maximum Gasteiger partial charge on any atom is 0.417 e. The number of hydrogen-bond acceptors (Lipinski definition) is 3. The number of aromatic nitrogens is 1. The number of carbonyl (C=O) groups is 1. The first-order valence-electron chi connectivity index (χ1n) is 7.36. The third-order valence-corrected chi connectivity index (χ3v) is 3.95. The van der Waals surface area contributed by atoms with Gasteiger partial charge in [0.15, 0.2) is 0 Å². The summed E-state index contributed by atoms with van der Waals surface area (Å²) in [5.41, 5.74) is -1.44. The van der Waals surface area contributed by atoms with Gasteiger partial charge in [-0.3, -0.25) is 9.78 Å². The van der Waals surface area contributed by atoms with Gasteiger partial charge in [0.2, 0.25) is 0 Å². The first-order valence-corrected chi connectivity index (χ1v) is 7.36. The molecular weight excluding hydrogens is 297 g/mol. The lowest BCUT2D eigenvalue weighted by molar-refractivity contribution is -0.138. The van der Waals surface area contributed by atoms with Crippen LogP contribution in [0.2, 0.25) is 0 Å². The highest BCUT2D eigenvalue weighted by molar-refractivity contribution is 5.96. The predicted molar refractivity (Wildman–Crippen MR) is 74.2 cm³/mol. The van der Waals surface area contributed by atoms with Gasteiger partial charge >= 0.3 is 6.18 Å². The molecule has 1 amide bonds. The third kappa shape index (κ3) is 3.40. The average molecular weight is 316 g/mol. The zero-order valence-electron chi connectivity index (χ0n) is 12.3. The van der Waals surface area contributed by atoms with Crippen LogP contribution in [0.5, 0.6) is 0 Å². The fourth-order valence-corrected chi connectivity index (χ4v) is 2.90. The Morgan fingerprint density at radius 1 is 1.50 bits per heavy atom. The van der Waals surface area contributed by atoms with Gasteiger partial charge in [-0.25, -0.2) is 0 Å². The molecule has 0 aromatic carbocycles. The number of halogens is 3. The molecule has 7 heteroatoms. The quantitative estimate of drug-likeness (QED) is 0.933. The van der Waals surface area contributed by atoms with Crippen molar-refractivity contribution in [1.82, 2.24) is 9.88 Å². The Kier molecular flexibility index (Phi) is 5.05. The highest BCUT2D eigenvalue weighted by Gasteiger charge is 2.39. The zero-order chi connectivity index (χ0) is 16.3. The highest BCUT2D eigenvalue weighted by Crippen LogP contribution is 2.33. The molecule has 122 valence electrons. The van der Waals surface area contributed by atoms with Crippen molar-refractivity contribution in [1.29, 1.82) is 0 Å². The summed E-state index contributed by atoms with van der Waals surface area (Å²) in [6, 6.07) is 0.371. The number of piperidine rings is 1. The minimum Gasteiger partial charge on any atom is -0.391 e. The van der Waals surface area contributed by atoms with Crippen LogP contribution in [-0.4, -0.2) is 39.6 Å². The van der Waals surface area contributed by atoms with E-state index >= 15 is 0 Å². The molecule has 1 aromatic rings. The van der Waals surface area contributed by atoms with Gasteiger partial charge in [-0.05, 0) is 25.3 Å². The van der Waals surface area contributed by atoms with E-state index in [0.29, 0.717) is 25.8 Å². The lowest BCUT2D eigenvalue weighted by atomic mass is 9.94. The van der Waals surface area contributed by atoms with E-state index in [4.69, 9.17) is 0 Å². The van der Waals surface area contributed by atoms with Crippen LogP contribution in [0.25, 0.3) is 0 Å². The molecule has 2 rings (SSSR count). The molecule has 0 aliphatic carbocycles. The minimum atomic E-state index is -4.61. The van der Waals surface area contributed by atoms with Crippen molar-refractivity contribution >= 4 is 5.91 Å². The average Bonchev–Trinajstić information content (AvgIpc) is 2.48. The molecule has 2 heterocycles. The molecule has 0 spiro atoms. The smallest absolute Gasteiger partial charge is 0.391 e. The summed E-state index contributed by atoms with van der Waals surface area (Å²) in [6.45, 7) is 2.27. The van der Waals surface area contributed by atoms with Gasteiger partial charge < -0.3 is 10.0 Å². The summed E-state index contributed by atoms with van der Waals surface area (Å²) in [4.78, 5) is 17.6. The summed E-state index contributed by atoms with van der Waals surface area (Å²) in [6.07, 6.45) is -0.878. The van der Waals surface area contributed by atoms with Gasteiger partial charge in [0.25, 0.3) is 5.91 Å². The second-order valence-corrected chi connectivity index (χ2v) is 5.48. The van der Waals surface area contributed by atoms with E-state index in [2.05, 4.69) is 4.98 Å². The van der Waals surface area contributed by atoms with Crippen LogP contribution >= 0.6 is 0 Å². The molecule has 0 saturated carbocycles. The predicted octanol–water partition coefficient (Wildman–Crippen LogP) is 2.87. The number of alkyl halides is 3. The molecule has 1 aromatic heterocycles. The topological polar surface area (TPSA) is 53.4 Å². The SMILES string of the molecule is CCCC1C(O)CCCN1C(=O)c1cnccc1C(F)(F)F. The number of likely N-dealkylation sites (tertiary alicyclic amines) is 1. The van der Waals surface area contributed by atoms with E-state index in [1.54, 1.807) is 0 Å². The summed E-state index contributed by atoms with van der Waals surface area (Å²) in [5, 5.41) is 10.1. The number of hydrogen-bond donors (Lipinski definition) is 1. The van der Waals surface area contributed by atoms with E-state index in [1.165, 1.54) is 4.90 Å². The Balaban J connectivity index is 2.34. The summed E-state index contributed by atoms with van der Waals surface area (Å²) in [7, 11) is 0. The Hall–Kier alpha value is -1.63. The molecule has 1 N–H and O–H groups in total. The van der Waals surface area contributed by atoms with E-state index in [1.807, 2.05) is 6.92 Å². The lowest BCUT2D eigenvalue weighted by Gasteiger charge is -2.39. The van der Waals surface area contributed by atoms with Crippen molar-refractivity contribution in [2.45, 2.75) is 50.9 Å². The molecule has 1 aliphatic heterocycles. The van der Waals surface area contributed by atoms with Crippen molar-refractivity contribution in [2.24, 2.45) is 0 Å². The fourth-order valence-electron chi connectivity index (χ4n) is 2.90. The normalized spacial score (nSPS) is 22.7. The number of pyridine rings is 1. The molecule has 2 atom stereocenters. The Bertz CT molecular complexity index is 534. The van der Waals surface area contributed by atoms with E-state index in [9.17, 15) is 23.1 Å². The Morgan fingerprint density at radius 2 is 2.23 bits per heavy atom. The molecule has 1 aliphatic rings. The van der Waals surface area contributed by atoms with Crippen LogP contribution < -0.4 is 0 Å². The standard InChI is InChI=1S/C15H19F3N2O2/c1-2-4-12-13(21)5-3-8-20(12)14(22)10-9-19-7-6-11(10)15(16,17)18/h6-7,9,12-13,21H,2-5,8H2,1H3. The largest absolute Gasteiger partial charge is 0.417 e. The second kappa shape index (κ2) is 6.64. The van der Waals surface area contributed by atoms with Gasteiger partial charge in [-0.2, -0.15) is 13.2 Å². The molecule has 4 nitrogen and oxygen atoms in total. The molecule has 1 saturated heterocycles. The van der Waals surface area contributed by atoms with E-state index in [0.717, 1.165) is 24.9 Å². The van der Waals surface area contributed by atoms with Gasteiger partial charge in [-0.15, -0.1) is 0 Å². The monoisotopic (exact) mass is 316 g/mol. The van der Waals surface area contributed by atoms with E-state index < -0.39 is 35.4 Å². The van der Waals surface area contributed by atoms with Crippen LogP contribution in [0.1, 0.15) is 48.5 Å². The Labute approximate surface area is 127 Å². The van der Waals surface area contributed by atoms with Crippen molar-refractivity contribution in [3.63, 3.8) is 0 Å². The molecule has 1 fully saturated rings. The summed E-state index contributed by atoms with van der Waals surface area (Å²) < 4.78 is 39.1. The first kappa shape index (κ1) is 16.7. The van der Waals surface area contributed by atoms with Gasteiger partial charge in [0, 0.05) is 18.9 Å². The van der Waals surface area contributed by atoms with E-state index in [-0.39, 0.29) is 0 Å². The number of aliphatic hydroxyl groups excluding tert-OH is 1. The van der Waals surface area contributed by atoms with Crippen molar-refractivity contribution in [3.05, 3.63) is 29.6 Å². The van der Waals surface area contributed by atoms with Crippen molar-refractivity contribution in [2.75, 3.05) is 6.54 Å². The first-order chi connectivity index (χ1) is 10.4. The maximum absolute atomic E-state index is 13.0. The molecule has 22 heavy (non-hydrogen) atoms. The van der Waals surface area contributed by atoms with Crippen LogP contribution in [0.4, 0.5) is 13.2 Å². The van der Waals surface area contributed by atoms with Crippen LogP contribution in [0.3, 0.4) is 0 Å². The molecular formula is C15H19F3N2O2. The summed E-state index contributed by atoms with van der Waals surface area (Å²) >= 11 is 0. The number of amides is 1. The zero-order valence-corrected chi connectivity index (χ0v) is 12.3. The second-order valence-electron chi connectivity index (χ2n) is 5.48. The molecule has 0 radical (unpaired) electrons. The fraction of sp³-hybridized carbons (Fsp3) is 0.600.